The summed E-state index contributed by atoms with van der Waals surface area (Å²) in [5, 5.41) is 2.36. The molecule has 3 amide bonds. The molecule has 0 aromatic heterocycles. The van der Waals surface area contributed by atoms with E-state index in [9.17, 15) is 14.0 Å². The molecule has 0 fully saturated rings. The lowest BCUT2D eigenvalue weighted by Crippen LogP contribution is -2.47. The number of nitrogens with two attached hydrogens (primary N) is 1. The van der Waals surface area contributed by atoms with Crippen molar-refractivity contribution >= 4 is 29.0 Å². The maximum absolute atomic E-state index is 14.6. The van der Waals surface area contributed by atoms with Crippen molar-refractivity contribution in [1.82, 2.24) is 5.32 Å². The lowest BCUT2D eigenvalue weighted by Gasteiger charge is -2.25. The molecule has 29 heavy (non-hydrogen) atoms. The fourth-order valence-electron chi connectivity index (χ4n) is 3.30. The Hall–Kier alpha value is -4.00. The predicted octanol–water partition coefficient (Wildman–Crippen LogP) is 3.34. The summed E-state index contributed by atoms with van der Waals surface area (Å²) in [4.78, 5) is 30.6. The van der Waals surface area contributed by atoms with E-state index < -0.39 is 23.9 Å². The van der Waals surface area contributed by atoms with E-state index in [1.165, 1.54) is 23.1 Å². The molecule has 0 bridgehead atoms. The van der Waals surface area contributed by atoms with Gasteiger partial charge in [0.1, 0.15) is 5.82 Å². The summed E-state index contributed by atoms with van der Waals surface area (Å²) in [5.41, 5.74) is 7.66. The number of benzene rings is 3. The van der Waals surface area contributed by atoms with Crippen LogP contribution in [0.1, 0.15) is 11.1 Å². The number of primary amides is 1. The van der Waals surface area contributed by atoms with Gasteiger partial charge in [-0.1, -0.05) is 60.7 Å². The number of fused-ring (bicyclic) bond motifs is 1. The van der Waals surface area contributed by atoms with Gasteiger partial charge in [-0.15, -0.1) is 0 Å². The first-order valence-electron chi connectivity index (χ1n) is 8.93. The standard InChI is InChI=1S/C22H17FN4O2/c23-16-11-5-7-13-18(16)27-17-12-6-4-10-15(17)19(14-8-2-1-3-9-14)25-20(21(27)28)26-22(24)29/h1-13,20H,(H3,24,26,29)/t20-/m1/s1. The summed E-state index contributed by atoms with van der Waals surface area (Å²) < 4.78 is 14.6. The zero-order valence-corrected chi connectivity index (χ0v) is 15.2. The number of benzodiazepines with no additional fused rings is 1. The molecule has 1 aliphatic rings. The third kappa shape index (κ3) is 3.45. The van der Waals surface area contributed by atoms with E-state index in [2.05, 4.69) is 10.3 Å². The van der Waals surface area contributed by atoms with Gasteiger partial charge in [0.05, 0.1) is 17.1 Å². The molecule has 0 spiro atoms. The Bertz CT molecular complexity index is 1110. The van der Waals surface area contributed by atoms with E-state index in [0.717, 1.165) is 5.56 Å². The predicted molar refractivity (Wildman–Crippen MR) is 109 cm³/mol. The maximum Gasteiger partial charge on any atom is 0.314 e. The number of hydrogen-bond acceptors (Lipinski definition) is 3. The molecule has 4 rings (SSSR count). The molecule has 1 heterocycles. The molecule has 3 N–H and O–H groups in total. The first-order valence-corrected chi connectivity index (χ1v) is 8.93. The zero-order chi connectivity index (χ0) is 20.4. The number of anilines is 2. The number of halogens is 1. The summed E-state index contributed by atoms with van der Waals surface area (Å²) in [6.45, 7) is 0. The van der Waals surface area contributed by atoms with Gasteiger partial charge >= 0.3 is 6.03 Å². The van der Waals surface area contributed by atoms with Crippen LogP contribution in [-0.2, 0) is 4.79 Å². The highest BCUT2D eigenvalue weighted by Crippen LogP contribution is 2.35. The minimum Gasteiger partial charge on any atom is -0.352 e. The lowest BCUT2D eigenvalue weighted by atomic mass is 10.00. The Labute approximate surface area is 166 Å². The molecule has 0 radical (unpaired) electrons. The van der Waals surface area contributed by atoms with Crippen LogP contribution >= 0.6 is 0 Å². The van der Waals surface area contributed by atoms with Crippen LogP contribution in [0.5, 0.6) is 0 Å². The van der Waals surface area contributed by atoms with Crippen LogP contribution in [0.2, 0.25) is 0 Å². The van der Waals surface area contributed by atoms with Crippen molar-refractivity contribution in [2.45, 2.75) is 6.17 Å². The Morgan fingerprint density at radius 1 is 0.931 bits per heavy atom. The molecular formula is C22H17FN4O2. The lowest BCUT2D eigenvalue weighted by molar-refractivity contribution is -0.119. The van der Waals surface area contributed by atoms with E-state index >= 15 is 0 Å². The van der Waals surface area contributed by atoms with Gasteiger partial charge in [-0.05, 0) is 18.2 Å². The average molecular weight is 388 g/mol. The molecule has 144 valence electrons. The van der Waals surface area contributed by atoms with Gasteiger partial charge in [0, 0.05) is 11.1 Å². The minimum absolute atomic E-state index is 0.0609. The molecule has 0 aliphatic carbocycles. The average Bonchev–Trinajstić information content (AvgIpc) is 2.84. The van der Waals surface area contributed by atoms with Crippen molar-refractivity contribution in [1.29, 1.82) is 0 Å². The molecule has 3 aromatic carbocycles. The highest BCUT2D eigenvalue weighted by molar-refractivity contribution is 6.21. The molecule has 0 unspecified atom stereocenters. The largest absolute Gasteiger partial charge is 0.352 e. The Morgan fingerprint density at radius 3 is 2.24 bits per heavy atom. The highest BCUT2D eigenvalue weighted by Gasteiger charge is 2.34. The SMILES string of the molecule is NC(=O)N[C@H]1N=C(c2ccccc2)c2ccccc2N(c2ccccc2F)C1=O. The number of hydrogen-bond donors (Lipinski definition) is 2. The minimum atomic E-state index is -1.31. The fraction of sp³-hybridized carbons (Fsp3) is 0.0455. The number of amides is 3. The summed E-state index contributed by atoms with van der Waals surface area (Å²) in [7, 11) is 0. The zero-order valence-electron chi connectivity index (χ0n) is 15.2. The van der Waals surface area contributed by atoms with Gasteiger partial charge in [0.15, 0.2) is 0 Å². The second kappa shape index (κ2) is 7.55. The van der Waals surface area contributed by atoms with Crippen LogP contribution in [0.25, 0.3) is 0 Å². The van der Waals surface area contributed by atoms with Crippen LogP contribution in [0.15, 0.2) is 83.9 Å². The second-order valence-electron chi connectivity index (χ2n) is 6.40. The Morgan fingerprint density at radius 2 is 1.55 bits per heavy atom. The third-order valence-electron chi connectivity index (χ3n) is 4.53. The maximum atomic E-state index is 14.6. The van der Waals surface area contributed by atoms with Crippen LogP contribution in [0.4, 0.5) is 20.6 Å². The number of nitrogens with zero attached hydrogens (tertiary/aromatic N) is 2. The number of urea groups is 1. The van der Waals surface area contributed by atoms with Gasteiger partial charge in [-0.25, -0.2) is 14.2 Å². The quantitative estimate of drug-likeness (QED) is 0.721. The fourth-order valence-corrected chi connectivity index (χ4v) is 3.30. The third-order valence-corrected chi connectivity index (χ3v) is 4.53. The summed E-state index contributed by atoms with van der Waals surface area (Å²) in [6.07, 6.45) is -1.31. The van der Waals surface area contributed by atoms with Crippen molar-refractivity contribution < 1.29 is 14.0 Å². The molecule has 0 saturated heterocycles. The van der Waals surface area contributed by atoms with E-state index in [-0.39, 0.29) is 5.69 Å². The molecule has 7 heteroatoms. The van der Waals surface area contributed by atoms with Gasteiger partial charge in [-0.2, -0.15) is 0 Å². The van der Waals surface area contributed by atoms with E-state index in [4.69, 9.17) is 5.73 Å². The van der Waals surface area contributed by atoms with E-state index in [0.29, 0.717) is 17.0 Å². The van der Waals surface area contributed by atoms with Crippen LogP contribution in [0.3, 0.4) is 0 Å². The number of aliphatic imine (C=N–C) groups is 1. The van der Waals surface area contributed by atoms with Gasteiger partial charge in [-0.3, -0.25) is 9.69 Å². The first-order chi connectivity index (χ1) is 14.1. The molecular weight excluding hydrogens is 371 g/mol. The number of carbonyl (C=O) groups excluding carboxylic acids is 2. The number of rotatable bonds is 3. The number of para-hydroxylation sites is 2. The van der Waals surface area contributed by atoms with Gasteiger partial charge < -0.3 is 11.1 Å². The van der Waals surface area contributed by atoms with Gasteiger partial charge in [0.2, 0.25) is 6.17 Å². The topological polar surface area (TPSA) is 87.8 Å². The van der Waals surface area contributed by atoms with Crippen LogP contribution < -0.4 is 16.0 Å². The van der Waals surface area contributed by atoms with Crippen LogP contribution in [0, 0.1) is 5.82 Å². The van der Waals surface area contributed by atoms with Gasteiger partial charge in [0.25, 0.3) is 5.91 Å². The number of nitrogens with one attached hydrogen (secondary N) is 1. The summed E-state index contributed by atoms with van der Waals surface area (Å²) in [6, 6.07) is 21.4. The van der Waals surface area contributed by atoms with Crippen molar-refractivity contribution in [3.8, 4) is 0 Å². The van der Waals surface area contributed by atoms with E-state index in [1.54, 1.807) is 24.3 Å². The molecule has 1 atom stereocenters. The Kier molecular flexibility index (Phi) is 4.78. The normalized spacial score (nSPS) is 15.9. The summed E-state index contributed by atoms with van der Waals surface area (Å²) in [5.74, 6) is -1.19. The second-order valence-corrected chi connectivity index (χ2v) is 6.40. The molecule has 1 aliphatic heterocycles. The molecule has 6 nitrogen and oxygen atoms in total. The van der Waals surface area contributed by atoms with Crippen molar-refractivity contribution in [3.63, 3.8) is 0 Å². The van der Waals surface area contributed by atoms with Crippen molar-refractivity contribution in [3.05, 3.63) is 95.8 Å². The molecule has 0 saturated carbocycles. The Balaban J connectivity index is 1.98. The van der Waals surface area contributed by atoms with Crippen molar-refractivity contribution in [2.75, 3.05) is 4.90 Å². The first kappa shape index (κ1) is 18.4. The van der Waals surface area contributed by atoms with Crippen LogP contribution in [-0.4, -0.2) is 23.8 Å². The molecule has 3 aromatic rings. The smallest absolute Gasteiger partial charge is 0.314 e. The van der Waals surface area contributed by atoms with E-state index in [1.807, 2.05) is 36.4 Å². The highest BCUT2D eigenvalue weighted by atomic mass is 19.1. The summed E-state index contributed by atoms with van der Waals surface area (Å²) >= 11 is 0. The monoisotopic (exact) mass is 388 g/mol. The van der Waals surface area contributed by atoms with Crippen molar-refractivity contribution in [2.24, 2.45) is 10.7 Å². The number of carbonyl (C=O) groups is 2.